The maximum atomic E-state index is 11.8. The van der Waals surface area contributed by atoms with Crippen molar-refractivity contribution in [3.05, 3.63) is 63.1 Å². The lowest BCUT2D eigenvalue weighted by Gasteiger charge is -2.09. The number of hydrogen-bond donors (Lipinski definition) is 2. The summed E-state index contributed by atoms with van der Waals surface area (Å²) in [4.78, 5) is 11.8. The summed E-state index contributed by atoms with van der Waals surface area (Å²) >= 11 is 9.43. The van der Waals surface area contributed by atoms with E-state index in [1.54, 1.807) is 0 Å². The first kappa shape index (κ1) is 17.8. The fourth-order valence-electron chi connectivity index (χ4n) is 2.15. The van der Waals surface area contributed by atoms with Gasteiger partial charge in [-0.05, 0) is 48.7 Å². The molecule has 23 heavy (non-hydrogen) atoms. The number of amides is 1. The Hall–Kier alpha value is -1.52. The summed E-state index contributed by atoms with van der Waals surface area (Å²) in [5.74, 6) is 0.0469. The van der Waals surface area contributed by atoms with E-state index in [2.05, 4.69) is 26.6 Å². The van der Waals surface area contributed by atoms with Crippen LogP contribution in [0, 0.1) is 6.92 Å². The van der Waals surface area contributed by atoms with Crippen molar-refractivity contribution in [1.82, 2.24) is 5.32 Å². The number of benzene rings is 2. The number of hydrogen-bond acceptors (Lipinski definition) is 2. The lowest BCUT2D eigenvalue weighted by molar-refractivity contribution is -0.120. The minimum absolute atomic E-state index is 0.0469. The Bertz CT molecular complexity index is 676. The predicted octanol–water partition coefficient (Wildman–Crippen LogP) is 4.57. The molecule has 5 heteroatoms. The first-order valence-corrected chi connectivity index (χ1v) is 8.73. The van der Waals surface area contributed by atoms with E-state index in [9.17, 15) is 4.79 Å². The lowest BCUT2D eigenvalue weighted by Crippen LogP contribution is -2.27. The molecule has 0 saturated heterocycles. The number of anilines is 1. The van der Waals surface area contributed by atoms with Gasteiger partial charge in [-0.2, -0.15) is 0 Å². The number of nitrogens with one attached hydrogen (secondary N) is 2. The van der Waals surface area contributed by atoms with Gasteiger partial charge in [0.25, 0.3) is 0 Å². The quantitative estimate of drug-likeness (QED) is 0.721. The molecule has 0 aromatic heterocycles. The predicted molar refractivity (Wildman–Crippen MR) is 100 cm³/mol. The highest BCUT2D eigenvalue weighted by atomic mass is 79.9. The second-order valence-corrected chi connectivity index (χ2v) is 6.66. The summed E-state index contributed by atoms with van der Waals surface area (Å²) in [6, 6.07) is 13.8. The van der Waals surface area contributed by atoms with Crippen LogP contribution in [0.25, 0.3) is 0 Å². The Morgan fingerprint density at radius 2 is 2.00 bits per heavy atom. The van der Waals surface area contributed by atoms with Gasteiger partial charge < -0.3 is 10.6 Å². The first-order chi connectivity index (χ1) is 11.0. The molecule has 0 atom stereocenters. The van der Waals surface area contributed by atoms with E-state index in [0.717, 1.165) is 27.2 Å². The van der Waals surface area contributed by atoms with Gasteiger partial charge in [0, 0.05) is 34.7 Å². The van der Waals surface area contributed by atoms with E-state index in [1.807, 2.05) is 49.4 Å². The minimum atomic E-state index is 0.0469. The molecule has 0 radical (unpaired) electrons. The molecule has 0 fully saturated rings. The molecule has 0 spiro atoms. The van der Waals surface area contributed by atoms with Crippen molar-refractivity contribution >= 4 is 39.1 Å². The van der Waals surface area contributed by atoms with E-state index in [4.69, 9.17) is 11.6 Å². The van der Waals surface area contributed by atoms with Crippen LogP contribution in [-0.2, 0) is 11.2 Å². The van der Waals surface area contributed by atoms with Gasteiger partial charge in [0.1, 0.15) is 0 Å². The van der Waals surface area contributed by atoms with Crippen molar-refractivity contribution in [2.45, 2.75) is 19.8 Å². The van der Waals surface area contributed by atoms with E-state index >= 15 is 0 Å². The number of aryl methyl sites for hydroxylation is 1. The highest BCUT2D eigenvalue weighted by molar-refractivity contribution is 9.10. The molecule has 0 saturated carbocycles. The second kappa shape index (κ2) is 8.94. The van der Waals surface area contributed by atoms with Gasteiger partial charge in [0.2, 0.25) is 5.91 Å². The average Bonchev–Trinajstić information content (AvgIpc) is 2.51. The van der Waals surface area contributed by atoms with Crippen molar-refractivity contribution in [2.24, 2.45) is 0 Å². The SMILES string of the molecule is Cc1ccc(NCCC(=O)NCCc2cccc(Cl)c2)cc1Br. The van der Waals surface area contributed by atoms with Crippen LogP contribution in [0.5, 0.6) is 0 Å². The molecular formula is C18H20BrClN2O. The standard InChI is InChI=1S/C18H20BrClN2O/c1-13-5-6-16(12-17(13)19)21-10-8-18(23)22-9-7-14-3-2-4-15(20)11-14/h2-6,11-12,21H,7-10H2,1H3,(H,22,23). The number of carbonyl (C=O) groups is 1. The summed E-state index contributed by atoms with van der Waals surface area (Å²) in [5.41, 5.74) is 3.32. The smallest absolute Gasteiger partial charge is 0.221 e. The summed E-state index contributed by atoms with van der Waals surface area (Å²) in [6.07, 6.45) is 1.23. The Labute approximate surface area is 150 Å². The van der Waals surface area contributed by atoms with Gasteiger partial charge in [-0.1, -0.05) is 45.7 Å². The average molecular weight is 396 g/mol. The lowest BCUT2D eigenvalue weighted by atomic mass is 10.1. The molecule has 2 rings (SSSR count). The third-order valence-electron chi connectivity index (χ3n) is 3.48. The van der Waals surface area contributed by atoms with Crippen LogP contribution in [0.15, 0.2) is 46.9 Å². The molecule has 0 aliphatic carbocycles. The Balaban J connectivity index is 1.66. The molecule has 0 aliphatic rings. The zero-order valence-corrected chi connectivity index (χ0v) is 15.4. The van der Waals surface area contributed by atoms with Crippen molar-refractivity contribution < 1.29 is 4.79 Å². The largest absolute Gasteiger partial charge is 0.384 e. The van der Waals surface area contributed by atoms with Crippen LogP contribution in [-0.4, -0.2) is 19.0 Å². The van der Waals surface area contributed by atoms with E-state index in [1.165, 1.54) is 5.56 Å². The fourth-order valence-corrected chi connectivity index (χ4v) is 2.74. The van der Waals surface area contributed by atoms with Gasteiger partial charge in [0.05, 0.1) is 0 Å². The van der Waals surface area contributed by atoms with E-state index in [0.29, 0.717) is 19.5 Å². The normalized spacial score (nSPS) is 10.4. The van der Waals surface area contributed by atoms with Crippen LogP contribution < -0.4 is 10.6 Å². The van der Waals surface area contributed by atoms with Gasteiger partial charge in [-0.15, -0.1) is 0 Å². The Kier molecular flexibility index (Phi) is 6.93. The number of rotatable bonds is 7. The van der Waals surface area contributed by atoms with Gasteiger partial charge in [-0.25, -0.2) is 0 Å². The molecule has 2 N–H and O–H groups in total. The van der Waals surface area contributed by atoms with Crippen molar-refractivity contribution in [1.29, 1.82) is 0 Å². The third-order valence-corrected chi connectivity index (χ3v) is 4.57. The topological polar surface area (TPSA) is 41.1 Å². The van der Waals surface area contributed by atoms with Gasteiger partial charge >= 0.3 is 0 Å². The molecular weight excluding hydrogens is 376 g/mol. The van der Waals surface area contributed by atoms with Crippen molar-refractivity contribution in [3.63, 3.8) is 0 Å². The summed E-state index contributed by atoms with van der Waals surface area (Å²) in [6.45, 7) is 3.27. The minimum Gasteiger partial charge on any atom is -0.384 e. The maximum Gasteiger partial charge on any atom is 0.221 e. The molecule has 3 nitrogen and oxygen atoms in total. The van der Waals surface area contributed by atoms with Crippen molar-refractivity contribution in [3.8, 4) is 0 Å². The zero-order chi connectivity index (χ0) is 16.7. The number of carbonyl (C=O) groups excluding carboxylic acids is 1. The van der Waals surface area contributed by atoms with Crippen LogP contribution in [0.4, 0.5) is 5.69 Å². The van der Waals surface area contributed by atoms with Crippen LogP contribution in [0.2, 0.25) is 5.02 Å². The molecule has 122 valence electrons. The Morgan fingerprint density at radius 1 is 1.17 bits per heavy atom. The third kappa shape index (κ3) is 6.24. The van der Waals surface area contributed by atoms with Crippen molar-refractivity contribution in [2.75, 3.05) is 18.4 Å². The van der Waals surface area contributed by atoms with Gasteiger partial charge in [-0.3, -0.25) is 4.79 Å². The molecule has 0 aliphatic heterocycles. The summed E-state index contributed by atoms with van der Waals surface area (Å²) in [5, 5.41) is 6.90. The highest BCUT2D eigenvalue weighted by Crippen LogP contribution is 2.20. The van der Waals surface area contributed by atoms with Gasteiger partial charge in [0.15, 0.2) is 0 Å². The highest BCUT2D eigenvalue weighted by Gasteiger charge is 2.02. The van der Waals surface area contributed by atoms with E-state index < -0.39 is 0 Å². The Morgan fingerprint density at radius 3 is 2.74 bits per heavy atom. The van der Waals surface area contributed by atoms with Crippen LogP contribution in [0.1, 0.15) is 17.5 Å². The number of halogens is 2. The summed E-state index contributed by atoms with van der Waals surface area (Å²) in [7, 11) is 0. The molecule has 2 aromatic carbocycles. The van der Waals surface area contributed by atoms with Crippen LogP contribution in [0.3, 0.4) is 0 Å². The molecule has 2 aromatic rings. The molecule has 0 unspecified atom stereocenters. The van der Waals surface area contributed by atoms with E-state index in [-0.39, 0.29) is 5.91 Å². The second-order valence-electron chi connectivity index (χ2n) is 5.37. The maximum absolute atomic E-state index is 11.8. The monoisotopic (exact) mass is 394 g/mol. The molecule has 1 amide bonds. The molecule has 0 bridgehead atoms. The summed E-state index contributed by atoms with van der Waals surface area (Å²) < 4.78 is 1.06. The fraction of sp³-hybridized carbons (Fsp3) is 0.278. The van der Waals surface area contributed by atoms with Crippen LogP contribution >= 0.6 is 27.5 Å². The first-order valence-electron chi connectivity index (χ1n) is 7.56. The zero-order valence-electron chi connectivity index (χ0n) is 13.0. The molecule has 0 heterocycles.